The minimum absolute atomic E-state index is 0.0497. The van der Waals surface area contributed by atoms with E-state index in [1.807, 2.05) is 0 Å². The van der Waals surface area contributed by atoms with Crippen LogP contribution in [0.15, 0.2) is 40.8 Å². The van der Waals surface area contributed by atoms with Crippen LogP contribution in [0.25, 0.3) is 0 Å². The Kier molecular flexibility index (Phi) is 7.59. The van der Waals surface area contributed by atoms with Gasteiger partial charge in [-0.05, 0) is 51.2 Å². The van der Waals surface area contributed by atoms with E-state index in [2.05, 4.69) is 11.4 Å². The van der Waals surface area contributed by atoms with E-state index in [1.165, 1.54) is 44.4 Å². The van der Waals surface area contributed by atoms with Crippen molar-refractivity contribution in [1.29, 1.82) is 0 Å². The minimum atomic E-state index is -3.56. The number of carbonyl (C=O) groups excluding carboxylic acids is 2. The highest BCUT2D eigenvalue weighted by atomic mass is 32.2. The molecule has 1 amide bonds. The molecule has 1 aromatic rings. The number of amides is 1. The van der Waals surface area contributed by atoms with Crippen LogP contribution in [-0.4, -0.2) is 38.7 Å². The first kappa shape index (κ1) is 21.2. The van der Waals surface area contributed by atoms with Gasteiger partial charge >= 0.3 is 5.97 Å². The summed E-state index contributed by atoms with van der Waals surface area (Å²) in [6, 6.07) is 5.88. The van der Waals surface area contributed by atoms with Crippen molar-refractivity contribution in [2.45, 2.75) is 57.0 Å². The van der Waals surface area contributed by atoms with E-state index in [4.69, 9.17) is 4.74 Å². The van der Waals surface area contributed by atoms with Crippen molar-refractivity contribution in [3.8, 4) is 0 Å². The van der Waals surface area contributed by atoms with Crippen molar-refractivity contribution in [1.82, 2.24) is 5.32 Å². The number of hydrogen-bond donors (Lipinski definition) is 1. The summed E-state index contributed by atoms with van der Waals surface area (Å²) in [5, 5.41) is 2.77. The highest BCUT2D eigenvalue weighted by Crippen LogP contribution is 2.20. The zero-order chi connectivity index (χ0) is 19.9. The largest absolute Gasteiger partial charge is 0.449 e. The molecule has 1 aliphatic carbocycles. The van der Waals surface area contributed by atoms with Gasteiger partial charge in [0.05, 0.1) is 16.2 Å². The van der Waals surface area contributed by atoms with Crippen LogP contribution in [-0.2, 0) is 19.4 Å². The Morgan fingerprint density at radius 3 is 2.63 bits per heavy atom. The smallest absolute Gasteiger partial charge is 0.340 e. The van der Waals surface area contributed by atoms with Crippen LogP contribution in [0.5, 0.6) is 0 Å². The molecule has 1 aliphatic rings. The standard InChI is InChI=1S/C20H27NO5S/c1-3-27(24,25)18-12-8-7-11-17(18)20(23)26-15(2)19(22)21-14-13-16-9-5-4-6-10-16/h7-9,11-12,15H,3-6,10,13-14H2,1-2H3,(H,21,22)/t15-/m1/s1. The summed E-state index contributed by atoms with van der Waals surface area (Å²) in [7, 11) is -3.56. The van der Waals surface area contributed by atoms with Crippen LogP contribution in [0.2, 0.25) is 0 Å². The van der Waals surface area contributed by atoms with Crippen LogP contribution in [0, 0.1) is 0 Å². The number of sulfone groups is 1. The third-order valence-electron chi connectivity index (χ3n) is 4.61. The van der Waals surface area contributed by atoms with Gasteiger partial charge in [0.2, 0.25) is 0 Å². The molecule has 0 saturated carbocycles. The molecule has 0 bridgehead atoms. The van der Waals surface area contributed by atoms with Gasteiger partial charge in [0, 0.05) is 6.54 Å². The van der Waals surface area contributed by atoms with Crippen molar-refractivity contribution in [2.24, 2.45) is 0 Å². The molecule has 0 fully saturated rings. The Labute approximate surface area is 160 Å². The number of carbonyl (C=O) groups is 2. The quantitative estimate of drug-likeness (QED) is 0.542. The van der Waals surface area contributed by atoms with Gasteiger partial charge in [-0.15, -0.1) is 0 Å². The third kappa shape index (κ3) is 5.92. The average molecular weight is 394 g/mol. The molecule has 2 rings (SSSR count). The Hall–Kier alpha value is -2.15. The molecule has 7 heteroatoms. The van der Waals surface area contributed by atoms with Crippen LogP contribution < -0.4 is 5.32 Å². The predicted octanol–water partition coefficient (Wildman–Crippen LogP) is 3.03. The first-order valence-electron chi connectivity index (χ1n) is 9.33. The van der Waals surface area contributed by atoms with Crippen molar-refractivity contribution >= 4 is 21.7 Å². The van der Waals surface area contributed by atoms with Gasteiger partial charge in [-0.1, -0.05) is 30.7 Å². The molecule has 148 valence electrons. The molecule has 0 saturated heterocycles. The zero-order valence-corrected chi connectivity index (χ0v) is 16.7. The number of hydrogen-bond acceptors (Lipinski definition) is 5. The van der Waals surface area contributed by atoms with E-state index in [1.54, 1.807) is 12.1 Å². The van der Waals surface area contributed by atoms with E-state index >= 15 is 0 Å². The van der Waals surface area contributed by atoms with Gasteiger partial charge in [0.1, 0.15) is 0 Å². The second-order valence-corrected chi connectivity index (χ2v) is 8.84. The summed E-state index contributed by atoms with van der Waals surface area (Å²) in [6.07, 6.45) is 6.59. The molecule has 1 N–H and O–H groups in total. The lowest BCUT2D eigenvalue weighted by Crippen LogP contribution is -2.36. The fraction of sp³-hybridized carbons (Fsp3) is 0.500. The number of nitrogens with one attached hydrogen (secondary N) is 1. The van der Waals surface area contributed by atoms with Crippen LogP contribution in [0.3, 0.4) is 0 Å². The van der Waals surface area contributed by atoms with Crippen LogP contribution >= 0.6 is 0 Å². The van der Waals surface area contributed by atoms with Gasteiger partial charge in [-0.3, -0.25) is 4.79 Å². The summed E-state index contributed by atoms with van der Waals surface area (Å²) in [5.74, 6) is -1.33. The van der Waals surface area contributed by atoms with E-state index in [0.29, 0.717) is 6.54 Å². The number of esters is 1. The van der Waals surface area contributed by atoms with Gasteiger partial charge in [-0.2, -0.15) is 0 Å². The van der Waals surface area contributed by atoms with Gasteiger partial charge < -0.3 is 10.1 Å². The first-order chi connectivity index (χ1) is 12.8. The average Bonchev–Trinajstić information content (AvgIpc) is 2.68. The van der Waals surface area contributed by atoms with E-state index in [9.17, 15) is 18.0 Å². The Morgan fingerprint density at radius 1 is 1.22 bits per heavy atom. The summed E-state index contributed by atoms with van der Waals surface area (Å²) in [5.41, 5.74) is 1.30. The second-order valence-electron chi connectivity index (χ2n) is 6.60. The van der Waals surface area contributed by atoms with Gasteiger partial charge in [0.25, 0.3) is 5.91 Å². The molecule has 0 heterocycles. The SMILES string of the molecule is CCS(=O)(=O)c1ccccc1C(=O)O[C@H](C)C(=O)NCCC1=CCCCC1. The molecule has 0 aromatic heterocycles. The second kappa shape index (κ2) is 9.69. The van der Waals surface area contributed by atoms with E-state index < -0.39 is 27.8 Å². The fourth-order valence-corrected chi connectivity index (χ4v) is 4.04. The van der Waals surface area contributed by atoms with Crippen molar-refractivity contribution < 1.29 is 22.7 Å². The van der Waals surface area contributed by atoms with Crippen molar-refractivity contribution in [3.63, 3.8) is 0 Å². The summed E-state index contributed by atoms with van der Waals surface area (Å²) < 4.78 is 29.5. The molecule has 1 aromatic carbocycles. The highest BCUT2D eigenvalue weighted by molar-refractivity contribution is 7.91. The lowest BCUT2D eigenvalue weighted by atomic mass is 9.97. The molecule has 6 nitrogen and oxygen atoms in total. The van der Waals surface area contributed by atoms with Gasteiger partial charge in [0.15, 0.2) is 15.9 Å². The molecule has 0 aliphatic heterocycles. The summed E-state index contributed by atoms with van der Waals surface area (Å²) in [6.45, 7) is 3.48. The molecule has 1 atom stereocenters. The Bertz CT molecular complexity index is 813. The number of rotatable bonds is 8. The fourth-order valence-electron chi connectivity index (χ4n) is 2.96. The topological polar surface area (TPSA) is 89.5 Å². The lowest BCUT2D eigenvalue weighted by molar-refractivity contribution is -0.129. The summed E-state index contributed by atoms with van der Waals surface area (Å²) in [4.78, 5) is 24.5. The molecule has 0 spiro atoms. The molecular formula is C20H27NO5S. The maximum Gasteiger partial charge on any atom is 0.340 e. The molecule has 0 radical (unpaired) electrons. The van der Waals surface area contributed by atoms with E-state index in [-0.39, 0.29) is 16.2 Å². The van der Waals surface area contributed by atoms with Crippen LogP contribution in [0.1, 0.15) is 56.3 Å². The molecule has 27 heavy (non-hydrogen) atoms. The summed E-state index contributed by atoms with van der Waals surface area (Å²) >= 11 is 0. The van der Waals surface area contributed by atoms with Crippen molar-refractivity contribution in [3.05, 3.63) is 41.5 Å². The first-order valence-corrected chi connectivity index (χ1v) is 11.0. The number of allylic oxidation sites excluding steroid dienone is 1. The number of benzene rings is 1. The van der Waals surface area contributed by atoms with Gasteiger partial charge in [-0.25, -0.2) is 13.2 Å². The monoisotopic (exact) mass is 393 g/mol. The minimum Gasteiger partial charge on any atom is -0.449 e. The Morgan fingerprint density at radius 2 is 1.96 bits per heavy atom. The maximum atomic E-state index is 12.4. The Balaban J connectivity index is 1.93. The highest BCUT2D eigenvalue weighted by Gasteiger charge is 2.24. The third-order valence-corrected chi connectivity index (χ3v) is 6.39. The predicted molar refractivity (Wildman–Crippen MR) is 103 cm³/mol. The molecular weight excluding hydrogens is 366 g/mol. The zero-order valence-electron chi connectivity index (χ0n) is 15.9. The lowest BCUT2D eigenvalue weighted by Gasteiger charge is -2.16. The maximum absolute atomic E-state index is 12.4. The van der Waals surface area contributed by atoms with Crippen LogP contribution in [0.4, 0.5) is 0 Å². The number of ether oxygens (including phenoxy) is 1. The molecule has 0 unspecified atom stereocenters. The normalized spacial score (nSPS) is 15.6. The van der Waals surface area contributed by atoms with Crippen molar-refractivity contribution in [2.75, 3.05) is 12.3 Å². The van der Waals surface area contributed by atoms with E-state index in [0.717, 1.165) is 19.3 Å².